The fourth-order valence-electron chi connectivity index (χ4n) is 3.25. The van der Waals surface area contributed by atoms with Crippen molar-refractivity contribution in [3.8, 4) is 0 Å². The Labute approximate surface area is 180 Å². The van der Waals surface area contributed by atoms with Crippen LogP contribution in [0.15, 0.2) is 47.5 Å². The lowest BCUT2D eigenvalue weighted by Crippen LogP contribution is -2.28. The van der Waals surface area contributed by atoms with E-state index in [0.29, 0.717) is 16.4 Å². The van der Waals surface area contributed by atoms with Crippen LogP contribution in [0.25, 0.3) is 0 Å². The number of hydrogen-bond donors (Lipinski definition) is 2. The second-order valence-corrected chi connectivity index (χ2v) is 8.23. The molecule has 2 aromatic carbocycles. The number of nitrogens with zero attached hydrogens (tertiary/aromatic N) is 1. The molecule has 2 aromatic rings. The summed E-state index contributed by atoms with van der Waals surface area (Å²) in [5.41, 5.74) is 4.22. The summed E-state index contributed by atoms with van der Waals surface area (Å²) in [6.45, 7) is 5.63. The molecular weight excluding hydrogens is 398 g/mol. The Morgan fingerprint density at radius 1 is 1.10 bits per heavy atom. The first-order chi connectivity index (χ1) is 14.4. The molecule has 7 heteroatoms. The summed E-state index contributed by atoms with van der Waals surface area (Å²) >= 11 is 1.27. The molecule has 1 aliphatic heterocycles. The molecule has 0 spiro atoms. The molecule has 1 aliphatic rings. The number of anilines is 1. The van der Waals surface area contributed by atoms with Gasteiger partial charge in [0.1, 0.15) is 5.25 Å². The van der Waals surface area contributed by atoms with Crippen LogP contribution in [0.4, 0.5) is 11.4 Å². The Balaban J connectivity index is 1.69. The molecule has 0 unspecified atom stereocenters. The minimum atomic E-state index is -0.543. The maximum absolute atomic E-state index is 12.4. The van der Waals surface area contributed by atoms with Gasteiger partial charge < -0.3 is 10.6 Å². The number of aryl methyl sites for hydroxylation is 2. The number of carbonyl (C=O) groups excluding carboxylic acids is 3. The van der Waals surface area contributed by atoms with E-state index in [9.17, 15) is 14.4 Å². The van der Waals surface area contributed by atoms with E-state index in [2.05, 4.69) is 24.5 Å². The Hall–Kier alpha value is -2.93. The lowest BCUT2D eigenvalue weighted by Gasteiger charge is -2.09. The van der Waals surface area contributed by atoms with Crippen molar-refractivity contribution in [2.75, 3.05) is 5.32 Å². The maximum atomic E-state index is 12.4. The highest BCUT2D eigenvalue weighted by molar-refractivity contribution is 8.15. The van der Waals surface area contributed by atoms with Crippen molar-refractivity contribution in [3.05, 3.63) is 59.2 Å². The third-order valence-electron chi connectivity index (χ3n) is 4.88. The summed E-state index contributed by atoms with van der Waals surface area (Å²) in [5, 5.41) is 5.54. The predicted molar refractivity (Wildman–Crippen MR) is 122 cm³/mol. The van der Waals surface area contributed by atoms with Gasteiger partial charge in [0.2, 0.25) is 11.8 Å². The first kappa shape index (κ1) is 21.8. The van der Waals surface area contributed by atoms with E-state index in [-0.39, 0.29) is 24.0 Å². The van der Waals surface area contributed by atoms with Gasteiger partial charge in [-0.25, -0.2) is 4.99 Å². The molecule has 3 rings (SSSR count). The van der Waals surface area contributed by atoms with Crippen LogP contribution < -0.4 is 10.6 Å². The van der Waals surface area contributed by atoms with E-state index < -0.39 is 5.25 Å². The molecule has 1 fully saturated rings. The SMILES string of the molecule is CCc1cccc(CC)c1N=C1NC(=O)[C@H](CC(=O)Nc2cccc(C(C)=O)c2)S1. The highest BCUT2D eigenvalue weighted by Crippen LogP contribution is 2.30. The van der Waals surface area contributed by atoms with E-state index >= 15 is 0 Å². The summed E-state index contributed by atoms with van der Waals surface area (Å²) in [5.74, 6) is -0.581. The fraction of sp³-hybridized carbons (Fsp3) is 0.304. The smallest absolute Gasteiger partial charge is 0.240 e. The Morgan fingerprint density at radius 3 is 2.40 bits per heavy atom. The fourth-order valence-corrected chi connectivity index (χ4v) is 4.22. The number of para-hydroxylation sites is 1. The van der Waals surface area contributed by atoms with Crippen molar-refractivity contribution in [1.29, 1.82) is 0 Å². The van der Waals surface area contributed by atoms with Crippen LogP contribution >= 0.6 is 11.8 Å². The zero-order valence-electron chi connectivity index (χ0n) is 17.3. The first-order valence-corrected chi connectivity index (χ1v) is 10.9. The number of amides is 2. The zero-order valence-corrected chi connectivity index (χ0v) is 18.1. The molecule has 0 aliphatic carbocycles. The molecular formula is C23H25N3O3S. The number of aliphatic imine (C=N–C) groups is 1. The number of benzene rings is 2. The second-order valence-electron chi connectivity index (χ2n) is 7.03. The minimum Gasteiger partial charge on any atom is -0.326 e. The van der Waals surface area contributed by atoms with E-state index in [1.807, 2.05) is 18.2 Å². The largest absolute Gasteiger partial charge is 0.326 e. The van der Waals surface area contributed by atoms with Crippen molar-refractivity contribution in [2.45, 2.75) is 45.3 Å². The van der Waals surface area contributed by atoms with Gasteiger partial charge in [-0.1, -0.05) is 55.9 Å². The van der Waals surface area contributed by atoms with E-state index in [0.717, 1.165) is 29.7 Å². The number of carbonyl (C=O) groups is 3. The van der Waals surface area contributed by atoms with Crippen molar-refractivity contribution >= 4 is 45.9 Å². The summed E-state index contributed by atoms with van der Waals surface area (Å²) in [6, 6.07) is 12.9. The Bertz CT molecular complexity index is 994. The van der Waals surface area contributed by atoms with Crippen LogP contribution in [0.2, 0.25) is 0 Å². The molecule has 0 bridgehead atoms. The summed E-state index contributed by atoms with van der Waals surface area (Å²) in [7, 11) is 0. The maximum Gasteiger partial charge on any atom is 0.240 e. The van der Waals surface area contributed by atoms with E-state index in [1.54, 1.807) is 24.3 Å². The lowest BCUT2D eigenvalue weighted by atomic mass is 10.0. The average Bonchev–Trinajstić information content (AvgIpc) is 3.06. The van der Waals surface area contributed by atoms with Gasteiger partial charge in [0.05, 0.1) is 5.69 Å². The third kappa shape index (κ3) is 5.16. The molecule has 2 N–H and O–H groups in total. The van der Waals surface area contributed by atoms with Crippen LogP contribution in [0.3, 0.4) is 0 Å². The number of thioether (sulfide) groups is 1. The molecule has 0 aromatic heterocycles. The molecule has 156 valence electrons. The third-order valence-corrected chi connectivity index (χ3v) is 5.96. The van der Waals surface area contributed by atoms with Gasteiger partial charge in [-0.15, -0.1) is 0 Å². The van der Waals surface area contributed by atoms with Crippen LogP contribution in [-0.4, -0.2) is 28.0 Å². The van der Waals surface area contributed by atoms with E-state index in [1.165, 1.54) is 18.7 Å². The highest BCUT2D eigenvalue weighted by Gasteiger charge is 2.32. The second kappa shape index (κ2) is 9.71. The first-order valence-electron chi connectivity index (χ1n) is 9.99. The normalized spacial score (nSPS) is 17.1. The molecule has 30 heavy (non-hydrogen) atoms. The predicted octanol–water partition coefficient (Wildman–Crippen LogP) is 4.26. The van der Waals surface area contributed by atoms with Gasteiger partial charge in [0, 0.05) is 17.7 Å². The van der Waals surface area contributed by atoms with Crippen LogP contribution in [-0.2, 0) is 22.4 Å². The monoisotopic (exact) mass is 423 g/mol. The zero-order chi connectivity index (χ0) is 21.7. The topological polar surface area (TPSA) is 87.6 Å². The summed E-state index contributed by atoms with van der Waals surface area (Å²) in [4.78, 5) is 41.0. The van der Waals surface area contributed by atoms with Crippen molar-refractivity contribution in [2.24, 2.45) is 4.99 Å². The number of amidine groups is 1. The van der Waals surface area contributed by atoms with E-state index in [4.69, 9.17) is 4.99 Å². The molecule has 1 heterocycles. The standard InChI is InChI=1S/C23H25N3O3S/c1-4-15-8-6-9-16(5-2)21(15)25-23-26-22(29)19(30-23)13-20(28)24-18-11-7-10-17(12-18)14(3)27/h6-12,19H,4-5,13H2,1-3H3,(H,24,28)(H,25,26,29)/t19-/m0/s1. The lowest BCUT2D eigenvalue weighted by molar-refractivity contribution is -0.122. The van der Waals surface area contributed by atoms with Crippen molar-refractivity contribution in [1.82, 2.24) is 5.32 Å². The van der Waals surface area contributed by atoms with Gasteiger partial charge in [-0.3, -0.25) is 14.4 Å². The van der Waals surface area contributed by atoms with Gasteiger partial charge in [0.25, 0.3) is 0 Å². The van der Waals surface area contributed by atoms with Crippen LogP contribution in [0, 0.1) is 0 Å². The summed E-state index contributed by atoms with van der Waals surface area (Å²) < 4.78 is 0. The molecule has 2 amide bonds. The quantitative estimate of drug-likeness (QED) is 0.652. The molecule has 6 nitrogen and oxygen atoms in total. The summed E-state index contributed by atoms with van der Waals surface area (Å²) in [6.07, 6.45) is 1.73. The number of Topliss-reactive ketones (excluding diaryl/α,β-unsaturated/α-hetero) is 1. The molecule has 0 radical (unpaired) electrons. The Kier molecular flexibility index (Phi) is 7.05. The van der Waals surface area contributed by atoms with Crippen molar-refractivity contribution in [3.63, 3.8) is 0 Å². The minimum absolute atomic E-state index is 0.0237. The van der Waals surface area contributed by atoms with Gasteiger partial charge in [-0.2, -0.15) is 0 Å². The number of hydrogen-bond acceptors (Lipinski definition) is 5. The van der Waals surface area contributed by atoms with Crippen molar-refractivity contribution < 1.29 is 14.4 Å². The molecule has 0 saturated carbocycles. The van der Waals surface area contributed by atoms with Gasteiger partial charge >= 0.3 is 0 Å². The van der Waals surface area contributed by atoms with Gasteiger partial charge in [-0.05, 0) is 43.0 Å². The number of nitrogens with one attached hydrogen (secondary N) is 2. The molecule has 1 atom stereocenters. The number of rotatable bonds is 7. The molecule has 1 saturated heterocycles. The van der Waals surface area contributed by atoms with Gasteiger partial charge in [0.15, 0.2) is 11.0 Å². The number of ketones is 1. The Morgan fingerprint density at radius 2 is 1.77 bits per heavy atom. The average molecular weight is 424 g/mol. The van der Waals surface area contributed by atoms with Crippen LogP contribution in [0.5, 0.6) is 0 Å². The van der Waals surface area contributed by atoms with Crippen LogP contribution in [0.1, 0.15) is 48.7 Å². The highest BCUT2D eigenvalue weighted by atomic mass is 32.2.